The first-order valence-corrected chi connectivity index (χ1v) is 10.9. The molecule has 3 aromatic rings. The van der Waals surface area contributed by atoms with Crippen LogP contribution < -0.4 is 5.32 Å². The number of nitrogens with one attached hydrogen (secondary N) is 1. The molecule has 0 spiro atoms. The summed E-state index contributed by atoms with van der Waals surface area (Å²) in [4.78, 5) is 29.1. The van der Waals surface area contributed by atoms with Crippen LogP contribution in [-0.4, -0.2) is 23.0 Å². The van der Waals surface area contributed by atoms with Gasteiger partial charge in [-0.3, -0.25) is 9.59 Å². The second-order valence-corrected chi connectivity index (χ2v) is 8.28. The quantitative estimate of drug-likeness (QED) is 0.435. The van der Waals surface area contributed by atoms with Crippen LogP contribution in [0.5, 0.6) is 0 Å². The Morgan fingerprint density at radius 3 is 2.53 bits per heavy atom. The van der Waals surface area contributed by atoms with Crippen LogP contribution in [0.1, 0.15) is 49.7 Å². The monoisotopic (exact) mass is 454 g/mol. The van der Waals surface area contributed by atoms with Crippen molar-refractivity contribution in [3.05, 3.63) is 76.8 Å². The van der Waals surface area contributed by atoms with Gasteiger partial charge in [0.2, 0.25) is 5.91 Å². The van der Waals surface area contributed by atoms with Crippen LogP contribution in [0.25, 0.3) is 11.3 Å². The van der Waals surface area contributed by atoms with Crippen molar-refractivity contribution in [2.24, 2.45) is 0 Å². The Labute approximate surface area is 192 Å². The summed E-state index contributed by atoms with van der Waals surface area (Å²) in [6.07, 6.45) is 1.94. The Morgan fingerprint density at radius 2 is 1.84 bits per heavy atom. The number of hydrogen-bond acceptors (Lipinski definition) is 5. The van der Waals surface area contributed by atoms with Gasteiger partial charge in [-0.1, -0.05) is 53.6 Å². The van der Waals surface area contributed by atoms with Crippen molar-refractivity contribution in [1.82, 2.24) is 10.3 Å². The molecule has 0 saturated carbocycles. The van der Waals surface area contributed by atoms with Crippen LogP contribution in [0.15, 0.2) is 59.1 Å². The highest BCUT2D eigenvalue weighted by molar-refractivity contribution is 6.33. The van der Waals surface area contributed by atoms with Crippen LogP contribution in [-0.2, 0) is 20.7 Å². The number of oxazole rings is 1. The third-order valence-corrected chi connectivity index (χ3v) is 5.14. The second-order valence-electron chi connectivity index (χ2n) is 7.87. The molecule has 0 aliphatic rings. The zero-order valence-electron chi connectivity index (χ0n) is 18.4. The maximum Gasteiger partial charge on any atom is 0.308 e. The summed E-state index contributed by atoms with van der Waals surface area (Å²) in [6.45, 7) is 5.58. The van der Waals surface area contributed by atoms with Gasteiger partial charge in [0, 0.05) is 18.4 Å². The molecule has 2 aromatic carbocycles. The van der Waals surface area contributed by atoms with Gasteiger partial charge in [0.05, 0.1) is 29.8 Å². The number of benzene rings is 2. The molecule has 0 radical (unpaired) electrons. The molecular formula is C25H27ClN2O4. The van der Waals surface area contributed by atoms with Crippen molar-refractivity contribution in [3.8, 4) is 11.3 Å². The van der Waals surface area contributed by atoms with Crippen molar-refractivity contribution in [3.63, 3.8) is 0 Å². The Balaban J connectivity index is 1.63. The Morgan fingerprint density at radius 1 is 1.12 bits per heavy atom. The van der Waals surface area contributed by atoms with E-state index in [2.05, 4.69) is 10.3 Å². The summed E-state index contributed by atoms with van der Waals surface area (Å²) < 4.78 is 11.0. The second kappa shape index (κ2) is 11.0. The predicted molar refractivity (Wildman–Crippen MR) is 123 cm³/mol. The van der Waals surface area contributed by atoms with Crippen molar-refractivity contribution in [2.75, 3.05) is 0 Å². The molecule has 1 amide bonds. The fraction of sp³-hybridized carbons (Fsp3) is 0.320. The SMILES string of the molecule is Cc1ccc(C(CC(=O)OC(C)C)NC(=O)CCc2ncc(-c3ccccc3Cl)o2)cc1. The summed E-state index contributed by atoms with van der Waals surface area (Å²) in [5, 5.41) is 3.52. The van der Waals surface area contributed by atoms with Gasteiger partial charge in [0.25, 0.3) is 0 Å². The van der Waals surface area contributed by atoms with Crippen LogP contribution in [0, 0.1) is 6.92 Å². The first-order valence-electron chi connectivity index (χ1n) is 10.6. The highest BCUT2D eigenvalue weighted by Gasteiger charge is 2.20. The lowest BCUT2D eigenvalue weighted by Gasteiger charge is -2.19. The smallest absolute Gasteiger partial charge is 0.308 e. The van der Waals surface area contributed by atoms with Gasteiger partial charge in [-0.25, -0.2) is 4.98 Å². The molecular weight excluding hydrogens is 428 g/mol. The molecule has 168 valence electrons. The number of hydrogen-bond donors (Lipinski definition) is 1. The van der Waals surface area contributed by atoms with E-state index in [4.69, 9.17) is 20.8 Å². The topological polar surface area (TPSA) is 81.4 Å². The van der Waals surface area contributed by atoms with Gasteiger partial charge in [-0.15, -0.1) is 0 Å². The largest absolute Gasteiger partial charge is 0.463 e. The molecule has 0 aliphatic carbocycles. The molecule has 0 bridgehead atoms. The molecule has 32 heavy (non-hydrogen) atoms. The zero-order chi connectivity index (χ0) is 23.1. The van der Waals surface area contributed by atoms with Gasteiger partial charge < -0.3 is 14.5 Å². The van der Waals surface area contributed by atoms with E-state index in [-0.39, 0.29) is 30.8 Å². The van der Waals surface area contributed by atoms with E-state index >= 15 is 0 Å². The van der Waals surface area contributed by atoms with Gasteiger partial charge in [-0.05, 0) is 38.5 Å². The highest BCUT2D eigenvalue weighted by Crippen LogP contribution is 2.28. The summed E-state index contributed by atoms with van der Waals surface area (Å²) in [6, 6.07) is 14.6. The number of nitrogens with zero attached hydrogens (tertiary/aromatic N) is 1. The molecule has 1 heterocycles. The molecule has 1 aromatic heterocycles. The van der Waals surface area contributed by atoms with E-state index in [1.54, 1.807) is 26.1 Å². The summed E-state index contributed by atoms with van der Waals surface area (Å²) in [5.74, 6) is 0.439. The standard InChI is InChI=1S/C25H27ClN2O4/c1-16(2)31-25(30)14-21(18-10-8-17(3)9-11-18)28-23(29)12-13-24-27-15-22(32-24)19-6-4-5-7-20(19)26/h4-11,15-16,21H,12-14H2,1-3H3,(H,28,29). The van der Waals surface area contributed by atoms with E-state index in [1.165, 1.54) is 0 Å². The van der Waals surface area contributed by atoms with Gasteiger partial charge in [0.15, 0.2) is 11.7 Å². The van der Waals surface area contributed by atoms with E-state index in [0.29, 0.717) is 23.1 Å². The highest BCUT2D eigenvalue weighted by atomic mass is 35.5. The maximum absolute atomic E-state index is 12.6. The van der Waals surface area contributed by atoms with Crippen molar-refractivity contribution in [2.45, 2.75) is 52.2 Å². The average Bonchev–Trinajstić information content (AvgIpc) is 3.21. The van der Waals surface area contributed by atoms with Crippen LogP contribution in [0.4, 0.5) is 0 Å². The first-order chi connectivity index (χ1) is 15.3. The molecule has 7 heteroatoms. The molecule has 0 aliphatic heterocycles. The number of aryl methyl sites for hydroxylation is 2. The first kappa shape index (κ1) is 23.5. The maximum atomic E-state index is 12.6. The minimum atomic E-state index is -0.474. The van der Waals surface area contributed by atoms with Crippen LogP contribution in [0.2, 0.25) is 5.02 Å². The number of aromatic nitrogens is 1. The zero-order valence-corrected chi connectivity index (χ0v) is 19.2. The summed E-state index contributed by atoms with van der Waals surface area (Å²) in [7, 11) is 0. The fourth-order valence-electron chi connectivity index (χ4n) is 3.23. The lowest BCUT2D eigenvalue weighted by atomic mass is 10.0. The molecule has 6 nitrogen and oxygen atoms in total. The molecule has 1 N–H and O–H groups in total. The lowest BCUT2D eigenvalue weighted by Crippen LogP contribution is -2.31. The fourth-order valence-corrected chi connectivity index (χ4v) is 3.46. The normalized spacial score (nSPS) is 11.9. The van der Waals surface area contributed by atoms with E-state index < -0.39 is 6.04 Å². The number of ether oxygens (including phenoxy) is 1. The number of esters is 1. The molecule has 0 saturated heterocycles. The van der Waals surface area contributed by atoms with Crippen molar-refractivity contribution >= 4 is 23.5 Å². The van der Waals surface area contributed by atoms with Gasteiger partial charge in [-0.2, -0.15) is 0 Å². The number of amides is 1. The Hall–Kier alpha value is -3.12. The van der Waals surface area contributed by atoms with E-state index in [1.807, 2.05) is 49.4 Å². The molecule has 1 atom stereocenters. The number of halogens is 1. The third kappa shape index (κ3) is 6.69. The Kier molecular flexibility index (Phi) is 8.06. The van der Waals surface area contributed by atoms with E-state index in [9.17, 15) is 9.59 Å². The molecule has 0 fully saturated rings. The van der Waals surface area contributed by atoms with Gasteiger partial charge >= 0.3 is 5.97 Å². The number of carbonyl (C=O) groups excluding carboxylic acids is 2. The minimum absolute atomic E-state index is 0.0582. The number of carbonyl (C=O) groups is 2. The third-order valence-electron chi connectivity index (χ3n) is 4.81. The van der Waals surface area contributed by atoms with Crippen molar-refractivity contribution < 1.29 is 18.7 Å². The van der Waals surface area contributed by atoms with Crippen molar-refractivity contribution in [1.29, 1.82) is 0 Å². The van der Waals surface area contributed by atoms with Gasteiger partial charge in [0.1, 0.15) is 0 Å². The summed E-state index contributed by atoms with van der Waals surface area (Å²) in [5.41, 5.74) is 2.70. The molecule has 1 unspecified atom stereocenters. The van der Waals surface area contributed by atoms with Crippen LogP contribution in [0.3, 0.4) is 0 Å². The summed E-state index contributed by atoms with van der Waals surface area (Å²) >= 11 is 6.20. The van der Waals surface area contributed by atoms with E-state index in [0.717, 1.165) is 16.7 Å². The minimum Gasteiger partial charge on any atom is -0.463 e. The Bertz CT molecular complexity index is 1060. The molecule has 3 rings (SSSR count). The number of rotatable bonds is 9. The predicted octanol–water partition coefficient (Wildman–Crippen LogP) is 5.44. The average molecular weight is 455 g/mol. The van der Waals surface area contributed by atoms with Crippen LogP contribution >= 0.6 is 11.6 Å². The lowest BCUT2D eigenvalue weighted by molar-refractivity contribution is -0.148.